The number of H-pyrrole nitrogens is 3. The van der Waals surface area contributed by atoms with Gasteiger partial charge in [-0.05, 0) is 87.3 Å². The molecule has 0 radical (unpaired) electrons. The molecular formula is C70H85N21O9. The Morgan fingerprint density at radius 1 is 0.390 bits per heavy atom. The third-order valence-electron chi connectivity index (χ3n) is 15.9. The van der Waals surface area contributed by atoms with E-state index in [9.17, 15) is 14.4 Å². The number of ether oxygens (including phenoxy) is 6. The number of methoxy groups -OCH3 is 3. The largest absolute Gasteiger partial charge is 0.461 e. The summed E-state index contributed by atoms with van der Waals surface area (Å²) in [7, 11) is 4.74. The number of nitrogens with zero attached hydrogens (tertiary/aromatic N) is 10. The smallest absolute Gasteiger partial charge is 0.328 e. The lowest BCUT2D eigenvalue weighted by Gasteiger charge is -2.09. The van der Waals surface area contributed by atoms with E-state index in [1.807, 2.05) is 109 Å². The molecule has 30 nitrogen and oxygen atoms in total. The van der Waals surface area contributed by atoms with Gasteiger partial charge < -0.3 is 92.6 Å². The van der Waals surface area contributed by atoms with E-state index in [0.29, 0.717) is 79.5 Å². The predicted molar refractivity (Wildman–Crippen MR) is 384 cm³/mol. The van der Waals surface area contributed by atoms with E-state index >= 15 is 0 Å². The maximum Gasteiger partial charge on any atom is 0.328 e. The van der Waals surface area contributed by atoms with Crippen molar-refractivity contribution < 1.29 is 28.4 Å². The number of imidazole rings is 3. The summed E-state index contributed by atoms with van der Waals surface area (Å²) in [5.41, 5.74) is 41.6. The van der Waals surface area contributed by atoms with Gasteiger partial charge in [-0.3, -0.25) is 13.7 Å². The van der Waals surface area contributed by atoms with Gasteiger partial charge in [0.05, 0.1) is 39.5 Å². The summed E-state index contributed by atoms with van der Waals surface area (Å²) >= 11 is 0. The summed E-state index contributed by atoms with van der Waals surface area (Å²) in [5.74, 6) is 0.487. The molecule has 0 unspecified atom stereocenters. The summed E-state index contributed by atoms with van der Waals surface area (Å²) in [6.07, 6.45) is 5.04. The van der Waals surface area contributed by atoms with Crippen LogP contribution in [0.3, 0.4) is 0 Å². The number of hydrogen-bond donors (Lipinski definition) is 11. The van der Waals surface area contributed by atoms with Gasteiger partial charge in [-0.1, -0.05) is 109 Å². The van der Waals surface area contributed by atoms with Gasteiger partial charge in [-0.2, -0.15) is 29.9 Å². The van der Waals surface area contributed by atoms with Crippen LogP contribution in [0, 0.1) is 0 Å². The number of hydrogen-bond acceptors (Lipinski definition) is 23. The summed E-state index contributed by atoms with van der Waals surface area (Å²) in [6.45, 7) is 9.35. The van der Waals surface area contributed by atoms with Crippen molar-refractivity contribution in [2.24, 2.45) is 5.73 Å². The molecule has 7 aromatic heterocycles. The lowest BCUT2D eigenvalue weighted by atomic mass is 10.1. The zero-order valence-corrected chi connectivity index (χ0v) is 56.1. The summed E-state index contributed by atoms with van der Waals surface area (Å²) in [4.78, 5) is 71.2. The molecule has 16 N–H and O–H groups in total. The first kappa shape index (κ1) is 71.5. The Bertz CT molecular complexity index is 4710. The fourth-order valence-electron chi connectivity index (χ4n) is 10.5. The molecule has 12 rings (SSSR count). The maximum absolute atomic E-state index is 12.6. The lowest BCUT2D eigenvalue weighted by Crippen LogP contribution is -2.19. The molecule has 5 aromatic carbocycles. The van der Waals surface area contributed by atoms with E-state index in [0.717, 1.165) is 91.3 Å². The number of anilines is 4. The molecule has 0 bridgehead atoms. The molecule has 0 atom stereocenters. The highest BCUT2D eigenvalue weighted by molar-refractivity contribution is 5.83. The molecule has 0 saturated heterocycles. The average Bonchev–Trinajstić information content (AvgIpc) is 1.64. The summed E-state index contributed by atoms with van der Waals surface area (Å²) in [5, 5.41) is 10.3. The Labute approximate surface area is 575 Å². The predicted octanol–water partition coefficient (Wildman–Crippen LogP) is 4.58. The molecule has 12 aromatic rings. The molecule has 7 heterocycles. The van der Waals surface area contributed by atoms with Gasteiger partial charge in [-0.15, -0.1) is 0 Å². The molecular weight excluding hydrogens is 1280 g/mol. The Morgan fingerprint density at radius 2 is 0.710 bits per heavy atom. The normalized spacial score (nSPS) is 11.2. The molecule has 0 amide bonds. The third kappa shape index (κ3) is 20.0. The van der Waals surface area contributed by atoms with E-state index in [1.165, 1.54) is 30.4 Å². The van der Waals surface area contributed by atoms with Crippen molar-refractivity contribution in [1.82, 2.24) is 79.1 Å². The second kappa shape index (κ2) is 35.8. The Hall–Kier alpha value is -11.3. The highest BCUT2D eigenvalue weighted by atomic mass is 16.5. The number of nitrogens with two attached hydrogens (primary N) is 5. The Kier molecular flexibility index (Phi) is 25.6. The molecule has 100 heavy (non-hydrogen) atoms. The first-order chi connectivity index (χ1) is 48.7. The fourth-order valence-corrected chi connectivity index (χ4v) is 10.5. The fraction of sp³-hybridized carbons (Fsp3) is 0.300. The van der Waals surface area contributed by atoms with E-state index in [4.69, 9.17) is 57.1 Å². The van der Waals surface area contributed by atoms with Crippen LogP contribution in [-0.2, 0) is 79.5 Å². The van der Waals surface area contributed by atoms with Crippen molar-refractivity contribution in [2.75, 3.05) is 97.0 Å². The lowest BCUT2D eigenvalue weighted by molar-refractivity contribution is 0.141. The van der Waals surface area contributed by atoms with E-state index < -0.39 is 0 Å². The average molecular weight is 1360 g/mol. The van der Waals surface area contributed by atoms with Crippen LogP contribution in [0.5, 0.6) is 18.0 Å². The number of fused-ring (bicyclic) bond motifs is 3. The Morgan fingerprint density at radius 3 is 1.06 bits per heavy atom. The Balaban J connectivity index is 0.000000162. The van der Waals surface area contributed by atoms with Gasteiger partial charge in [0.2, 0.25) is 0 Å². The van der Waals surface area contributed by atoms with E-state index in [-0.39, 0.29) is 72.4 Å². The third-order valence-corrected chi connectivity index (χ3v) is 15.9. The van der Waals surface area contributed by atoms with Crippen LogP contribution in [-0.4, -0.2) is 137 Å². The number of aromatic nitrogens is 13. The standard InChI is InChI=1S/2C24H29N7O3.C22H27N7O3/c1-33-10-11-34-23-29-21(26)20-22(30-23)31(24(32)28-20)15-19-8-6-18(7-9-19)14-27-13-17-4-2-16(12-25)3-5-17;1-33-12-13-34-23-29-21(26)20-22(30-23)31(24(32)28-20)15-18-4-2-17(3-5-18)14-27-11-10-16-6-8-19(25)9-7-16;1-31-12-13-32-21-26-19(23)18-20(27-21)29(22(30)25-18)15-17-6-4-16(5-7-17)14-24-8-11-28-9-2-3-10-28/h2*2-9,27H,10-15,25H2,1H3,(H,28,32)(H2,26,29,30);2-7,9-10,24H,8,11-15H2,1H3,(H,25,30)(H2,23,26,27). The maximum atomic E-state index is 12.6. The topological polar surface area (TPSA) is 417 Å². The van der Waals surface area contributed by atoms with Crippen molar-refractivity contribution in [3.05, 3.63) is 227 Å². The van der Waals surface area contributed by atoms with Crippen molar-refractivity contribution in [3.8, 4) is 18.0 Å². The SMILES string of the molecule is COCCOc1nc(N)c2[nH]c(=O)n(Cc3ccc(CNCCc4ccc(N)cc4)cc3)c2n1.COCCOc1nc(N)c2[nH]c(=O)n(Cc3ccc(CNCCn4cccc4)cc3)c2n1.COCCOc1nc(N)c2[nH]c(=O)n(Cc3ccc(CNCc4ccc(CN)cc4)cc3)c2n1. The molecule has 0 aliphatic carbocycles. The van der Waals surface area contributed by atoms with Crippen LogP contribution in [0.4, 0.5) is 23.1 Å². The number of aromatic amines is 3. The first-order valence-corrected chi connectivity index (χ1v) is 32.5. The van der Waals surface area contributed by atoms with Gasteiger partial charge >= 0.3 is 35.1 Å². The number of nitrogens with one attached hydrogen (secondary N) is 6. The number of rotatable bonds is 33. The van der Waals surface area contributed by atoms with Gasteiger partial charge in [0.25, 0.3) is 0 Å². The highest BCUT2D eigenvalue weighted by Crippen LogP contribution is 2.23. The first-order valence-electron chi connectivity index (χ1n) is 32.5. The van der Waals surface area contributed by atoms with Crippen LogP contribution >= 0.6 is 0 Å². The van der Waals surface area contributed by atoms with Crippen molar-refractivity contribution >= 4 is 56.6 Å². The molecule has 30 heteroatoms. The minimum absolute atomic E-state index is 0.105. The van der Waals surface area contributed by atoms with Crippen molar-refractivity contribution in [3.63, 3.8) is 0 Å². The molecule has 0 fully saturated rings. The monoisotopic (exact) mass is 1360 g/mol. The number of nitrogen functional groups attached to an aromatic ring is 4. The van der Waals surface area contributed by atoms with Crippen LogP contribution in [0.15, 0.2) is 160 Å². The zero-order valence-electron chi connectivity index (χ0n) is 56.1. The van der Waals surface area contributed by atoms with Crippen LogP contribution < -0.4 is 75.9 Å². The second-order valence-corrected chi connectivity index (χ2v) is 23.2. The van der Waals surface area contributed by atoms with Gasteiger partial charge in [0, 0.05) is 85.2 Å². The molecule has 0 saturated carbocycles. The second-order valence-electron chi connectivity index (χ2n) is 23.2. The molecule has 0 aliphatic rings. The van der Waals surface area contributed by atoms with Crippen LogP contribution in [0.2, 0.25) is 0 Å². The highest BCUT2D eigenvalue weighted by Gasteiger charge is 2.19. The zero-order chi connectivity index (χ0) is 70.2. The van der Waals surface area contributed by atoms with Crippen molar-refractivity contribution in [2.45, 2.75) is 65.3 Å². The summed E-state index contributed by atoms with van der Waals surface area (Å²) in [6, 6.07) is 44.9. The minimum atomic E-state index is -0.309. The molecule has 524 valence electrons. The van der Waals surface area contributed by atoms with Crippen LogP contribution in [0.1, 0.15) is 50.1 Å². The van der Waals surface area contributed by atoms with E-state index in [1.54, 1.807) is 21.3 Å². The van der Waals surface area contributed by atoms with Gasteiger partial charge in [0.15, 0.2) is 34.4 Å². The number of benzene rings is 5. The molecule has 0 aliphatic heterocycles. The van der Waals surface area contributed by atoms with Gasteiger partial charge in [0.1, 0.15) is 36.4 Å². The van der Waals surface area contributed by atoms with Crippen LogP contribution in [0.25, 0.3) is 33.5 Å². The van der Waals surface area contributed by atoms with Crippen molar-refractivity contribution in [1.29, 1.82) is 0 Å². The van der Waals surface area contributed by atoms with E-state index in [2.05, 4.69) is 102 Å². The van der Waals surface area contributed by atoms with Gasteiger partial charge in [-0.25, -0.2) is 14.4 Å². The quantitative estimate of drug-likeness (QED) is 0.0198. The summed E-state index contributed by atoms with van der Waals surface area (Å²) < 4.78 is 38.0. The molecule has 0 spiro atoms. The minimum Gasteiger partial charge on any atom is -0.461 e.